The van der Waals surface area contributed by atoms with E-state index in [1.807, 2.05) is 0 Å². The summed E-state index contributed by atoms with van der Waals surface area (Å²) in [6.07, 6.45) is -4.78. The van der Waals surface area contributed by atoms with E-state index < -0.39 is 40.4 Å². The third-order valence-electron chi connectivity index (χ3n) is 5.81. The Morgan fingerprint density at radius 3 is 2.08 bits per heavy atom. The van der Waals surface area contributed by atoms with Crippen molar-refractivity contribution in [3.63, 3.8) is 0 Å². The van der Waals surface area contributed by atoms with Crippen LogP contribution in [-0.4, -0.2) is 42.2 Å². The molecule has 1 unspecified atom stereocenters. The number of nitrogens with one attached hydrogen (secondary N) is 1. The number of esters is 2. The molecule has 1 aliphatic heterocycles. The third kappa shape index (κ3) is 6.27. The smallest absolute Gasteiger partial charge is 0.416 e. The highest BCUT2D eigenvalue weighted by Gasteiger charge is 2.44. The zero-order valence-corrected chi connectivity index (χ0v) is 22.1. The van der Waals surface area contributed by atoms with Gasteiger partial charge in [-0.15, -0.1) is 0 Å². The van der Waals surface area contributed by atoms with Gasteiger partial charge in [0.1, 0.15) is 5.75 Å². The van der Waals surface area contributed by atoms with Crippen LogP contribution in [0.1, 0.15) is 37.8 Å². The molecule has 0 amide bonds. The summed E-state index contributed by atoms with van der Waals surface area (Å²) in [5, 5.41) is 2.93. The molecule has 38 heavy (non-hydrogen) atoms. The molecule has 0 spiro atoms. The summed E-state index contributed by atoms with van der Waals surface area (Å²) in [5.74, 6) is -2.99. The number of rotatable bonds is 9. The van der Waals surface area contributed by atoms with Gasteiger partial charge < -0.3 is 19.5 Å². The van der Waals surface area contributed by atoms with Crippen molar-refractivity contribution in [1.82, 2.24) is 5.32 Å². The first-order valence-electron chi connectivity index (χ1n) is 11.8. The van der Waals surface area contributed by atoms with E-state index in [1.54, 1.807) is 38.1 Å². The number of hydrogen-bond donors (Lipinski definition) is 1. The molecule has 11 heteroatoms. The Morgan fingerprint density at radius 1 is 0.947 bits per heavy atom. The van der Waals surface area contributed by atoms with Gasteiger partial charge in [-0.1, -0.05) is 18.2 Å². The molecule has 1 N–H and O–H groups in total. The summed E-state index contributed by atoms with van der Waals surface area (Å²) < 4.78 is 71.1. The zero-order valence-electron chi connectivity index (χ0n) is 21.3. The molecule has 0 saturated heterocycles. The van der Waals surface area contributed by atoms with Gasteiger partial charge in [-0.05, 0) is 56.7 Å². The molecule has 0 aliphatic carbocycles. The molecule has 7 nitrogen and oxygen atoms in total. The highest BCUT2D eigenvalue weighted by molar-refractivity contribution is 7.85. The second-order valence-electron chi connectivity index (χ2n) is 8.18. The quantitative estimate of drug-likeness (QED) is 0.445. The Kier molecular flexibility index (Phi) is 9.37. The minimum absolute atomic E-state index is 0.0317. The summed E-state index contributed by atoms with van der Waals surface area (Å²) in [6, 6.07) is 11.1. The summed E-state index contributed by atoms with van der Waals surface area (Å²) >= 11 is 0. The Labute approximate surface area is 221 Å². The van der Waals surface area contributed by atoms with Crippen molar-refractivity contribution in [2.75, 3.05) is 26.1 Å². The maximum Gasteiger partial charge on any atom is 0.416 e. The predicted octanol–water partition coefficient (Wildman–Crippen LogP) is 4.86. The van der Waals surface area contributed by atoms with Crippen LogP contribution in [-0.2, 0) is 36.0 Å². The van der Waals surface area contributed by atoms with Gasteiger partial charge in [-0.3, -0.25) is 4.21 Å². The standard InChI is InChI=1S/C27H28F3NO6S/c1-5-36-25(32)22-16(3)31-21(15-38(34)18-13-11-17(35-4)12-14-18)24(26(33)37-6-2)23(22)19-9-7-8-10-20(19)27(28,29)30/h7-14,23,31H,5-6,15H2,1-4H3/t23-,38?/m1/s1. The van der Waals surface area contributed by atoms with Crippen LogP contribution in [0.25, 0.3) is 0 Å². The number of dihydropyridines is 1. The number of allylic oxidation sites excluding steroid dienone is 1. The fraction of sp³-hybridized carbons (Fsp3) is 0.333. The highest BCUT2D eigenvalue weighted by Crippen LogP contribution is 2.44. The lowest BCUT2D eigenvalue weighted by Crippen LogP contribution is -2.35. The lowest BCUT2D eigenvalue weighted by molar-refractivity contribution is -0.142. The fourth-order valence-electron chi connectivity index (χ4n) is 4.20. The summed E-state index contributed by atoms with van der Waals surface area (Å²) in [5.41, 5.74) is -1.46. The van der Waals surface area contributed by atoms with Crippen LogP contribution in [0.15, 0.2) is 76.0 Å². The SMILES string of the molecule is CCOC(=O)C1=C(C)NC(CS(=O)c2ccc(OC)cc2)=C(C(=O)OCC)[C@@H]1c1ccccc1C(F)(F)F. The van der Waals surface area contributed by atoms with E-state index in [4.69, 9.17) is 14.2 Å². The topological polar surface area (TPSA) is 90.9 Å². The number of carbonyl (C=O) groups is 2. The van der Waals surface area contributed by atoms with Gasteiger partial charge in [0, 0.05) is 16.3 Å². The van der Waals surface area contributed by atoms with Gasteiger partial charge in [-0.2, -0.15) is 13.2 Å². The van der Waals surface area contributed by atoms with Crippen LogP contribution in [0.2, 0.25) is 0 Å². The molecular weight excluding hydrogens is 523 g/mol. The average Bonchev–Trinajstić information content (AvgIpc) is 2.88. The van der Waals surface area contributed by atoms with E-state index >= 15 is 0 Å². The molecule has 0 fully saturated rings. The molecule has 0 aromatic heterocycles. The first kappa shape index (κ1) is 29.0. The number of benzene rings is 2. The van der Waals surface area contributed by atoms with Gasteiger partial charge in [0.15, 0.2) is 0 Å². The lowest BCUT2D eigenvalue weighted by atomic mass is 9.78. The summed E-state index contributed by atoms with van der Waals surface area (Å²) in [7, 11) is -0.222. The molecule has 204 valence electrons. The minimum Gasteiger partial charge on any atom is -0.497 e. The Bertz CT molecular complexity index is 1280. The van der Waals surface area contributed by atoms with Crippen LogP contribution in [0.5, 0.6) is 5.75 Å². The largest absolute Gasteiger partial charge is 0.497 e. The molecule has 0 saturated carbocycles. The maximum atomic E-state index is 14.1. The van der Waals surface area contributed by atoms with E-state index in [0.717, 1.165) is 6.07 Å². The van der Waals surface area contributed by atoms with E-state index in [9.17, 15) is 27.0 Å². The van der Waals surface area contributed by atoms with Crippen LogP contribution in [0.4, 0.5) is 13.2 Å². The summed E-state index contributed by atoms with van der Waals surface area (Å²) in [6.45, 7) is 4.51. The van der Waals surface area contributed by atoms with Crippen molar-refractivity contribution < 1.29 is 41.2 Å². The lowest BCUT2D eigenvalue weighted by Gasteiger charge is -2.32. The van der Waals surface area contributed by atoms with Gasteiger partial charge in [0.05, 0.1) is 59.5 Å². The van der Waals surface area contributed by atoms with E-state index in [0.29, 0.717) is 10.6 Å². The Morgan fingerprint density at radius 2 is 1.53 bits per heavy atom. The monoisotopic (exact) mass is 551 g/mol. The van der Waals surface area contributed by atoms with Crippen LogP contribution in [0.3, 0.4) is 0 Å². The fourth-order valence-corrected chi connectivity index (χ4v) is 5.30. The van der Waals surface area contributed by atoms with Crippen molar-refractivity contribution in [3.05, 3.63) is 82.2 Å². The first-order chi connectivity index (χ1) is 18.0. The van der Waals surface area contributed by atoms with Crippen molar-refractivity contribution in [3.8, 4) is 5.75 Å². The molecular formula is C27H28F3NO6S. The number of alkyl halides is 3. The molecule has 0 radical (unpaired) electrons. The Hall–Kier alpha value is -3.60. The second-order valence-corrected chi connectivity index (χ2v) is 9.63. The first-order valence-corrected chi connectivity index (χ1v) is 13.1. The average molecular weight is 552 g/mol. The molecule has 2 aromatic rings. The Balaban J connectivity index is 2.25. The molecule has 2 aromatic carbocycles. The maximum absolute atomic E-state index is 14.1. The number of halogens is 3. The molecule has 3 rings (SSSR count). The van der Waals surface area contributed by atoms with E-state index in [-0.39, 0.29) is 47.1 Å². The molecule has 1 heterocycles. The minimum atomic E-state index is -4.78. The van der Waals surface area contributed by atoms with Gasteiger partial charge in [-0.25, -0.2) is 9.59 Å². The number of hydrogen-bond acceptors (Lipinski definition) is 7. The number of methoxy groups -OCH3 is 1. The number of ether oxygens (including phenoxy) is 3. The molecule has 2 atom stereocenters. The van der Waals surface area contributed by atoms with Crippen LogP contribution < -0.4 is 10.1 Å². The molecule has 1 aliphatic rings. The van der Waals surface area contributed by atoms with E-state index in [2.05, 4.69) is 5.32 Å². The molecule has 0 bridgehead atoms. The third-order valence-corrected chi connectivity index (χ3v) is 7.16. The normalized spacial score (nSPS) is 16.6. The van der Waals surface area contributed by atoms with Crippen LogP contribution in [0, 0.1) is 0 Å². The zero-order chi connectivity index (χ0) is 28.0. The van der Waals surface area contributed by atoms with Crippen molar-refractivity contribution >= 4 is 22.7 Å². The predicted molar refractivity (Wildman–Crippen MR) is 135 cm³/mol. The second kappa shape index (κ2) is 12.3. The van der Waals surface area contributed by atoms with Crippen molar-refractivity contribution in [2.24, 2.45) is 0 Å². The van der Waals surface area contributed by atoms with Crippen LogP contribution >= 0.6 is 0 Å². The highest BCUT2D eigenvalue weighted by atomic mass is 32.2. The van der Waals surface area contributed by atoms with Gasteiger partial charge >= 0.3 is 18.1 Å². The number of carbonyl (C=O) groups excluding carboxylic acids is 2. The van der Waals surface area contributed by atoms with Crippen molar-refractivity contribution in [1.29, 1.82) is 0 Å². The van der Waals surface area contributed by atoms with Gasteiger partial charge in [0.25, 0.3) is 0 Å². The van der Waals surface area contributed by atoms with E-state index in [1.165, 1.54) is 32.2 Å². The summed E-state index contributed by atoms with van der Waals surface area (Å²) in [4.78, 5) is 26.7. The van der Waals surface area contributed by atoms with Crippen molar-refractivity contribution in [2.45, 2.75) is 37.8 Å². The van der Waals surface area contributed by atoms with Gasteiger partial charge in [0.2, 0.25) is 0 Å².